The summed E-state index contributed by atoms with van der Waals surface area (Å²) in [7, 11) is 0. The topological polar surface area (TPSA) is 72.0 Å². The van der Waals surface area contributed by atoms with E-state index >= 15 is 0 Å². The molecule has 0 bridgehead atoms. The molecule has 2 amide bonds. The molecule has 2 aromatic heterocycles. The van der Waals surface area contributed by atoms with Crippen molar-refractivity contribution in [1.29, 1.82) is 0 Å². The third kappa shape index (κ3) is 3.35. The van der Waals surface area contributed by atoms with Gasteiger partial charge in [0.15, 0.2) is 0 Å². The SMILES string of the molecule is O=C(c1cccs1)N1CCOCC2(C1)CN(c1ccccn1)C(=O)CO2. The number of amides is 2. The molecule has 2 aliphatic rings. The molecule has 7 nitrogen and oxygen atoms in total. The number of pyridine rings is 1. The van der Waals surface area contributed by atoms with E-state index in [1.807, 2.05) is 23.6 Å². The molecule has 0 radical (unpaired) electrons. The van der Waals surface area contributed by atoms with Crippen molar-refractivity contribution in [2.75, 3.05) is 44.4 Å². The highest BCUT2D eigenvalue weighted by atomic mass is 32.1. The third-order valence-electron chi connectivity index (χ3n) is 4.54. The second kappa shape index (κ2) is 7.14. The van der Waals surface area contributed by atoms with Crippen LogP contribution in [0.15, 0.2) is 41.9 Å². The molecule has 8 heteroatoms. The van der Waals surface area contributed by atoms with Crippen molar-refractivity contribution in [1.82, 2.24) is 9.88 Å². The van der Waals surface area contributed by atoms with Gasteiger partial charge in [0.25, 0.3) is 11.8 Å². The van der Waals surface area contributed by atoms with Gasteiger partial charge in [-0.05, 0) is 23.6 Å². The molecule has 0 N–H and O–H groups in total. The Labute approximate surface area is 155 Å². The summed E-state index contributed by atoms with van der Waals surface area (Å²) in [4.78, 5) is 33.5. The number of carbonyl (C=O) groups is 2. The minimum atomic E-state index is -0.755. The first-order valence-electron chi connectivity index (χ1n) is 8.43. The number of rotatable bonds is 2. The maximum atomic E-state index is 12.8. The zero-order valence-electron chi connectivity index (χ0n) is 14.2. The van der Waals surface area contributed by atoms with Crippen LogP contribution in [0.1, 0.15) is 9.67 Å². The summed E-state index contributed by atoms with van der Waals surface area (Å²) in [6.45, 7) is 1.90. The first kappa shape index (κ1) is 17.1. The van der Waals surface area contributed by atoms with Gasteiger partial charge in [0.2, 0.25) is 0 Å². The van der Waals surface area contributed by atoms with Gasteiger partial charge < -0.3 is 14.4 Å². The Morgan fingerprint density at radius 2 is 2.15 bits per heavy atom. The summed E-state index contributed by atoms with van der Waals surface area (Å²) >= 11 is 1.42. The van der Waals surface area contributed by atoms with Crippen molar-refractivity contribution in [3.8, 4) is 0 Å². The van der Waals surface area contributed by atoms with Crippen molar-refractivity contribution in [2.45, 2.75) is 5.60 Å². The van der Waals surface area contributed by atoms with Gasteiger partial charge in [-0.25, -0.2) is 4.98 Å². The zero-order valence-corrected chi connectivity index (χ0v) is 15.0. The number of nitrogens with zero attached hydrogens (tertiary/aromatic N) is 3. The number of ether oxygens (including phenoxy) is 2. The predicted octanol–water partition coefficient (Wildman–Crippen LogP) is 1.42. The normalized spacial score (nSPS) is 23.9. The van der Waals surface area contributed by atoms with Crippen LogP contribution in [0.3, 0.4) is 0 Å². The van der Waals surface area contributed by atoms with Gasteiger partial charge in [0, 0.05) is 12.7 Å². The zero-order chi connectivity index (χ0) is 18.0. The fourth-order valence-electron chi connectivity index (χ4n) is 3.25. The Morgan fingerprint density at radius 1 is 1.23 bits per heavy atom. The molecule has 2 aliphatic heterocycles. The highest BCUT2D eigenvalue weighted by Gasteiger charge is 2.44. The van der Waals surface area contributed by atoms with Crippen LogP contribution in [0.25, 0.3) is 0 Å². The van der Waals surface area contributed by atoms with Crippen molar-refractivity contribution in [3.05, 3.63) is 46.8 Å². The molecule has 1 unspecified atom stereocenters. The lowest BCUT2D eigenvalue weighted by Crippen LogP contribution is -2.61. The van der Waals surface area contributed by atoms with Crippen molar-refractivity contribution in [3.63, 3.8) is 0 Å². The smallest absolute Gasteiger partial charge is 0.264 e. The van der Waals surface area contributed by atoms with Crippen molar-refractivity contribution >= 4 is 29.0 Å². The van der Waals surface area contributed by atoms with Crippen LogP contribution in [0, 0.1) is 0 Å². The molecule has 2 saturated heterocycles. The van der Waals surface area contributed by atoms with Crippen LogP contribution in [0.5, 0.6) is 0 Å². The highest BCUT2D eigenvalue weighted by molar-refractivity contribution is 7.12. The van der Waals surface area contributed by atoms with E-state index in [2.05, 4.69) is 4.98 Å². The van der Waals surface area contributed by atoms with Gasteiger partial charge in [-0.15, -0.1) is 11.3 Å². The van der Waals surface area contributed by atoms with Crippen LogP contribution in [-0.4, -0.2) is 66.8 Å². The molecule has 0 aromatic carbocycles. The molecule has 26 heavy (non-hydrogen) atoms. The van der Waals surface area contributed by atoms with E-state index in [-0.39, 0.29) is 18.4 Å². The summed E-state index contributed by atoms with van der Waals surface area (Å²) in [5, 5.41) is 1.88. The first-order chi connectivity index (χ1) is 12.7. The molecule has 4 heterocycles. The Balaban J connectivity index is 1.57. The second-order valence-corrected chi connectivity index (χ2v) is 7.34. The molecule has 0 aliphatic carbocycles. The molecule has 0 saturated carbocycles. The van der Waals surface area contributed by atoms with Crippen LogP contribution >= 0.6 is 11.3 Å². The Kier molecular flexibility index (Phi) is 4.71. The van der Waals surface area contributed by atoms with Crippen molar-refractivity contribution < 1.29 is 19.1 Å². The largest absolute Gasteiger partial charge is 0.376 e. The van der Waals surface area contributed by atoms with E-state index in [0.717, 1.165) is 0 Å². The lowest BCUT2D eigenvalue weighted by molar-refractivity contribution is -0.145. The van der Waals surface area contributed by atoms with Gasteiger partial charge in [0.1, 0.15) is 18.0 Å². The van der Waals surface area contributed by atoms with Gasteiger partial charge in [-0.1, -0.05) is 12.1 Å². The Bertz CT molecular complexity index is 783. The summed E-state index contributed by atoms with van der Waals surface area (Å²) < 4.78 is 11.6. The molecule has 1 atom stereocenters. The standard InChI is InChI=1S/C18H19N3O4S/c22-16-10-25-18(12-21(16)15-5-1-2-6-19-15)11-20(7-8-24-13-18)17(23)14-4-3-9-26-14/h1-6,9H,7-8,10-13H2. The van der Waals surface area contributed by atoms with E-state index in [1.54, 1.807) is 28.1 Å². The number of hydrogen-bond acceptors (Lipinski definition) is 6. The lowest BCUT2D eigenvalue weighted by atomic mass is 10.0. The first-order valence-corrected chi connectivity index (χ1v) is 9.31. The summed E-state index contributed by atoms with van der Waals surface area (Å²) in [6, 6.07) is 9.12. The van der Waals surface area contributed by atoms with E-state index < -0.39 is 5.60 Å². The molecule has 1 spiro atoms. The number of thiophene rings is 1. The quantitative estimate of drug-likeness (QED) is 0.796. The summed E-state index contributed by atoms with van der Waals surface area (Å²) in [6.07, 6.45) is 1.65. The average molecular weight is 373 g/mol. The maximum Gasteiger partial charge on any atom is 0.264 e. The lowest BCUT2D eigenvalue weighted by Gasteiger charge is -2.42. The molecular formula is C18H19N3O4S. The average Bonchev–Trinajstić information content (AvgIpc) is 3.13. The highest BCUT2D eigenvalue weighted by Crippen LogP contribution is 2.27. The Hall–Kier alpha value is -2.29. The second-order valence-electron chi connectivity index (χ2n) is 6.40. The molecule has 2 fully saturated rings. The van der Waals surface area contributed by atoms with Crippen LogP contribution in [0.2, 0.25) is 0 Å². The number of aromatic nitrogens is 1. The van der Waals surface area contributed by atoms with E-state index in [9.17, 15) is 9.59 Å². The van der Waals surface area contributed by atoms with Crippen LogP contribution in [0.4, 0.5) is 5.82 Å². The van der Waals surface area contributed by atoms with Crippen LogP contribution < -0.4 is 4.90 Å². The van der Waals surface area contributed by atoms with Gasteiger partial charge in [-0.3, -0.25) is 14.5 Å². The molecular weight excluding hydrogens is 354 g/mol. The van der Waals surface area contributed by atoms with Gasteiger partial charge >= 0.3 is 0 Å². The fourth-order valence-corrected chi connectivity index (χ4v) is 3.95. The minimum Gasteiger partial charge on any atom is -0.376 e. The number of carbonyl (C=O) groups excluding carboxylic acids is 2. The molecule has 4 rings (SSSR count). The minimum absolute atomic E-state index is 0.0326. The van der Waals surface area contributed by atoms with Gasteiger partial charge in [-0.2, -0.15) is 0 Å². The monoisotopic (exact) mass is 373 g/mol. The number of morpholine rings is 1. The molecule has 136 valence electrons. The van der Waals surface area contributed by atoms with E-state index in [0.29, 0.717) is 43.5 Å². The van der Waals surface area contributed by atoms with E-state index in [1.165, 1.54) is 11.3 Å². The maximum absolute atomic E-state index is 12.8. The summed E-state index contributed by atoms with van der Waals surface area (Å²) in [5.41, 5.74) is -0.755. The van der Waals surface area contributed by atoms with E-state index in [4.69, 9.17) is 9.47 Å². The molecule has 2 aromatic rings. The number of anilines is 1. The summed E-state index contributed by atoms with van der Waals surface area (Å²) in [5.74, 6) is 0.407. The third-order valence-corrected chi connectivity index (χ3v) is 5.40. The fraction of sp³-hybridized carbons (Fsp3) is 0.389. The number of hydrogen-bond donors (Lipinski definition) is 0. The van der Waals surface area contributed by atoms with Crippen LogP contribution in [-0.2, 0) is 14.3 Å². The predicted molar refractivity (Wildman–Crippen MR) is 96.3 cm³/mol. The van der Waals surface area contributed by atoms with Crippen molar-refractivity contribution in [2.24, 2.45) is 0 Å². The van der Waals surface area contributed by atoms with Gasteiger partial charge in [0.05, 0.1) is 31.2 Å². The Morgan fingerprint density at radius 3 is 2.92 bits per heavy atom.